The molecule has 8 nitrogen and oxygen atoms in total. The van der Waals surface area contributed by atoms with Crippen molar-refractivity contribution in [2.24, 2.45) is 0 Å². The molecule has 3 aromatic rings. The number of aromatic nitrogens is 2. The van der Waals surface area contributed by atoms with Crippen LogP contribution in [0.1, 0.15) is 34.8 Å². The normalized spacial score (nSPS) is 11.8. The molecule has 8 heteroatoms. The summed E-state index contributed by atoms with van der Waals surface area (Å²) in [5, 5.41) is 18.7. The van der Waals surface area contributed by atoms with E-state index in [-0.39, 0.29) is 17.1 Å². The van der Waals surface area contributed by atoms with E-state index in [0.717, 1.165) is 5.56 Å². The zero-order chi connectivity index (χ0) is 18.7. The molecule has 0 spiro atoms. The number of esters is 1. The summed E-state index contributed by atoms with van der Waals surface area (Å²) in [5.41, 5.74) is 1.29. The lowest BCUT2D eigenvalue weighted by molar-refractivity contribution is -0.385. The number of carbonyl (C=O) groups is 1. The van der Waals surface area contributed by atoms with Crippen molar-refractivity contribution in [1.29, 1.82) is 0 Å². The summed E-state index contributed by atoms with van der Waals surface area (Å²) in [6.45, 7) is 3.17. The standard InChI is InChI=1S/C18H15N3O5/c1-11-10-14(8-9-15(11)21(23)24)18(22)25-12(2)16-19-20-17(26-16)13-6-4-3-5-7-13/h3-10,12H,1-2H3/t12-/m0/s1. The Balaban J connectivity index is 1.73. The first-order chi connectivity index (χ1) is 12.5. The third kappa shape index (κ3) is 3.59. The largest absolute Gasteiger partial charge is 0.449 e. The summed E-state index contributed by atoms with van der Waals surface area (Å²) in [5.74, 6) is -0.138. The number of hydrogen-bond acceptors (Lipinski definition) is 7. The van der Waals surface area contributed by atoms with Crippen LogP contribution in [0.2, 0.25) is 0 Å². The van der Waals surface area contributed by atoms with Crippen LogP contribution in [0, 0.1) is 17.0 Å². The minimum Gasteiger partial charge on any atom is -0.449 e. The summed E-state index contributed by atoms with van der Waals surface area (Å²) < 4.78 is 10.9. The molecule has 0 aliphatic carbocycles. The lowest BCUT2D eigenvalue weighted by Crippen LogP contribution is -2.10. The molecule has 0 radical (unpaired) electrons. The first kappa shape index (κ1) is 17.3. The predicted octanol–water partition coefficient (Wildman–Crippen LogP) is 3.87. The maximum Gasteiger partial charge on any atom is 0.338 e. The number of nitro groups is 1. The average molecular weight is 353 g/mol. The van der Waals surface area contributed by atoms with E-state index in [9.17, 15) is 14.9 Å². The van der Waals surface area contributed by atoms with Gasteiger partial charge >= 0.3 is 5.97 Å². The monoisotopic (exact) mass is 353 g/mol. The molecule has 0 saturated heterocycles. The van der Waals surface area contributed by atoms with Crippen molar-refractivity contribution in [3.8, 4) is 11.5 Å². The predicted molar refractivity (Wildman–Crippen MR) is 91.4 cm³/mol. The second-order valence-electron chi connectivity index (χ2n) is 5.62. The van der Waals surface area contributed by atoms with Crippen LogP contribution in [0.15, 0.2) is 52.9 Å². The fraction of sp³-hybridized carbons (Fsp3) is 0.167. The average Bonchev–Trinajstić information content (AvgIpc) is 3.12. The van der Waals surface area contributed by atoms with Crippen LogP contribution >= 0.6 is 0 Å². The number of rotatable bonds is 5. The van der Waals surface area contributed by atoms with E-state index in [1.807, 2.05) is 30.3 Å². The lowest BCUT2D eigenvalue weighted by atomic mass is 10.1. The van der Waals surface area contributed by atoms with E-state index < -0.39 is 17.0 Å². The van der Waals surface area contributed by atoms with Crippen molar-refractivity contribution in [1.82, 2.24) is 10.2 Å². The van der Waals surface area contributed by atoms with Gasteiger partial charge < -0.3 is 9.15 Å². The molecule has 1 aromatic heterocycles. The third-order valence-electron chi connectivity index (χ3n) is 3.72. The Hall–Kier alpha value is -3.55. The Morgan fingerprint density at radius 1 is 1.19 bits per heavy atom. The number of aryl methyl sites for hydroxylation is 1. The van der Waals surface area contributed by atoms with E-state index in [4.69, 9.17) is 9.15 Å². The molecule has 0 saturated carbocycles. The van der Waals surface area contributed by atoms with Gasteiger partial charge in [0, 0.05) is 17.2 Å². The van der Waals surface area contributed by atoms with E-state index in [2.05, 4.69) is 10.2 Å². The van der Waals surface area contributed by atoms with Gasteiger partial charge in [0.15, 0.2) is 6.10 Å². The van der Waals surface area contributed by atoms with Gasteiger partial charge in [-0.05, 0) is 38.1 Å². The van der Waals surface area contributed by atoms with E-state index in [1.165, 1.54) is 18.2 Å². The number of nitrogens with zero attached hydrogens (tertiary/aromatic N) is 3. The van der Waals surface area contributed by atoms with Gasteiger partial charge in [0.05, 0.1) is 10.5 Å². The van der Waals surface area contributed by atoms with Crippen molar-refractivity contribution in [2.45, 2.75) is 20.0 Å². The quantitative estimate of drug-likeness (QED) is 0.389. The van der Waals surface area contributed by atoms with E-state index in [1.54, 1.807) is 13.8 Å². The fourth-order valence-corrected chi connectivity index (χ4v) is 2.36. The summed E-state index contributed by atoms with van der Waals surface area (Å²) >= 11 is 0. The second-order valence-corrected chi connectivity index (χ2v) is 5.62. The van der Waals surface area contributed by atoms with Gasteiger partial charge in [-0.3, -0.25) is 10.1 Å². The van der Waals surface area contributed by atoms with Crippen LogP contribution in [0.5, 0.6) is 0 Å². The zero-order valence-corrected chi connectivity index (χ0v) is 14.1. The Labute approximate surface area is 148 Å². The molecule has 0 bridgehead atoms. The zero-order valence-electron chi connectivity index (χ0n) is 14.1. The molecule has 0 aliphatic heterocycles. The first-order valence-corrected chi connectivity index (χ1v) is 7.80. The highest BCUT2D eigenvalue weighted by atomic mass is 16.6. The molecule has 0 fully saturated rings. The van der Waals surface area contributed by atoms with Crippen LogP contribution < -0.4 is 0 Å². The van der Waals surface area contributed by atoms with Gasteiger partial charge in [-0.2, -0.15) is 0 Å². The highest BCUT2D eigenvalue weighted by molar-refractivity contribution is 5.90. The minimum absolute atomic E-state index is 0.0565. The van der Waals surface area contributed by atoms with Gasteiger partial charge in [0.1, 0.15) is 0 Å². The Bertz CT molecular complexity index is 952. The summed E-state index contributed by atoms with van der Waals surface area (Å²) in [4.78, 5) is 22.6. The molecule has 26 heavy (non-hydrogen) atoms. The fourth-order valence-electron chi connectivity index (χ4n) is 2.36. The van der Waals surface area contributed by atoms with E-state index in [0.29, 0.717) is 11.5 Å². The van der Waals surface area contributed by atoms with Crippen molar-refractivity contribution in [3.05, 3.63) is 75.7 Å². The van der Waals surface area contributed by atoms with Gasteiger partial charge in [0.25, 0.3) is 11.6 Å². The Morgan fingerprint density at radius 2 is 1.92 bits per heavy atom. The van der Waals surface area contributed by atoms with E-state index >= 15 is 0 Å². The van der Waals surface area contributed by atoms with Crippen molar-refractivity contribution >= 4 is 11.7 Å². The molecule has 0 amide bonds. The maximum absolute atomic E-state index is 12.3. The second kappa shape index (κ2) is 7.14. The maximum atomic E-state index is 12.3. The molecule has 0 aliphatic rings. The number of ether oxygens (including phenoxy) is 1. The summed E-state index contributed by atoms with van der Waals surface area (Å²) in [7, 11) is 0. The van der Waals surface area contributed by atoms with Crippen molar-refractivity contribution in [2.75, 3.05) is 0 Å². The van der Waals surface area contributed by atoms with Gasteiger partial charge in [-0.25, -0.2) is 4.79 Å². The Kier molecular flexibility index (Phi) is 4.74. The van der Waals surface area contributed by atoms with Crippen LogP contribution in [-0.4, -0.2) is 21.1 Å². The molecule has 3 rings (SSSR count). The molecule has 0 unspecified atom stereocenters. The smallest absolute Gasteiger partial charge is 0.338 e. The van der Waals surface area contributed by atoms with Gasteiger partial charge in [-0.1, -0.05) is 18.2 Å². The lowest BCUT2D eigenvalue weighted by Gasteiger charge is -2.09. The summed E-state index contributed by atoms with van der Waals surface area (Å²) in [6.07, 6.45) is -0.761. The van der Waals surface area contributed by atoms with Crippen LogP contribution in [-0.2, 0) is 4.74 Å². The van der Waals surface area contributed by atoms with Crippen LogP contribution in [0.3, 0.4) is 0 Å². The topological polar surface area (TPSA) is 108 Å². The SMILES string of the molecule is Cc1cc(C(=O)O[C@@H](C)c2nnc(-c3ccccc3)o2)ccc1[N+](=O)[O-]. The third-order valence-corrected chi connectivity index (χ3v) is 3.72. The number of nitro benzene ring substituents is 1. The minimum atomic E-state index is -0.761. The molecule has 0 N–H and O–H groups in total. The molecule has 1 atom stereocenters. The molecule has 1 heterocycles. The van der Waals surface area contributed by atoms with Crippen molar-refractivity contribution < 1.29 is 18.9 Å². The van der Waals surface area contributed by atoms with Crippen LogP contribution in [0.25, 0.3) is 11.5 Å². The molecule has 2 aromatic carbocycles. The number of carbonyl (C=O) groups excluding carboxylic acids is 1. The first-order valence-electron chi connectivity index (χ1n) is 7.80. The number of hydrogen-bond donors (Lipinski definition) is 0. The highest BCUT2D eigenvalue weighted by Gasteiger charge is 2.21. The molecule has 132 valence electrons. The van der Waals surface area contributed by atoms with Crippen molar-refractivity contribution in [3.63, 3.8) is 0 Å². The number of benzene rings is 2. The molecular formula is C18H15N3O5. The van der Waals surface area contributed by atoms with Crippen LogP contribution in [0.4, 0.5) is 5.69 Å². The summed E-state index contributed by atoms with van der Waals surface area (Å²) in [6, 6.07) is 13.3. The molecular weight excluding hydrogens is 338 g/mol. The Morgan fingerprint density at radius 3 is 2.58 bits per heavy atom. The highest BCUT2D eigenvalue weighted by Crippen LogP contribution is 2.24. The van der Waals surface area contributed by atoms with Gasteiger partial charge in [0.2, 0.25) is 5.89 Å². The van der Waals surface area contributed by atoms with Gasteiger partial charge in [-0.15, -0.1) is 10.2 Å².